The third-order valence-corrected chi connectivity index (χ3v) is 6.79. The topological polar surface area (TPSA) is 125 Å². The molecule has 3 aromatic rings. The second kappa shape index (κ2) is 6.28. The fourth-order valence-corrected chi connectivity index (χ4v) is 4.70. The molecule has 0 saturated carbocycles. The summed E-state index contributed by atoms with van der Waals surface area (Å²) in [5.41, 5.74) is 0.647. The van der Waals surface area contributed by atoms with Crippen LogP contribution in [-0.2, 0) is 31.1 Å². The number of hydrogen-bond donors (Lipinski definition) is 3. The third kappa shape index (κ3) is 3.92. The second-order valence-corrected chi connectivity index (χ2v) is 12.1. The molecule has 0 fully saturated rings. The predicted octanol–water partition coefficient (Wildman–Crippen LogP) is 4.41. The first-order chi connectivity index (χ1) is 12.9. The lowest BCUT2D eigenvalue weighted by atomic mass is 9.85. The molecule has 0 aliphatic carbocycles. The molecule has 0 atom stereocenters. The maximum atomic E-state index is 12.1. The maximum absolute atomic E-state index is 12.1. The van der Waals surface area contributed by atoms with Crippen LogP contribution in [0.4, 0.5) is 0 Å². The molecule has 0 amide bonds. The lowest BCUT2D eigenvalue weighted by Gasteiger charge is -2.21. The molecule has 9 heteroatoms. The standard InChI is InChI=1S/C20H25NO6S2/c1-19(2,3)11-7-13-14-8-12(20(4,5)6)10-16(29(25,26)27)18(14)21-17(13)15(9-11)28(22,23)24/h7-10,21H,1-6H3,(H,22,23,24)(H,25,26,27). The molecule has 3 rings (SSSR count). The first-order valence-electron chi connectivity index (χ1n) is 9.00. The summed E-state index contributed by atoms with van der Waals surface area (Å²) in [6.45, 7) is 11.4. The zero-order chi connectivity index (χ0) is 22.2. The Balaban J connectivity index is 2.65. The molecule has 1 heterocycles. The number of aromatic amines is 1. The van der Waals surface area contributed by atoms with E-state index < -0.39 is 31.1 Å². The quantitative estimate of drug-likeness (QED) is 0.508. The molecule has 7 nitrogen and oxygen atoms in total. The van der Waals surface area contributed by atoms with Crippen LogP contribution in [0.5, 0.6) is 0 Å². The molecule has 3 N–H and O–H groups in total. The molecule has 0 aliphatic heterocycles. The number of hydrogen-bond acceptors (Lipinski definition) is 4. The Bertz CT molecular complexity index is 1250. The van der Waals surface area contributed by atoms with Crippen molar-refractivity contribution < 1.29 is 25.9 Å². The van der Waals surface area contributed by atoms with Crippen molar-refractivity contribution in [1.29, 1.82) is 0 Å². The van der Waals surface area contributed by atoms with E-state index in [1.807, 2.05) is 41.5 Å². The minimum Gasteiger partial charge on any atom is -0.352 e. The van der Waals surface area contributed by atoms with Gasteiger partial charge in [0, 0.05) is 10.8 Å². The summed E-state index contributed by atoms with van der Waals surface area (Å²) < 4.78 is 67.9. The molecule has 158 valence electrons. The van der Waals surface area contributed by atoms with Crippen molar-refractivity contribution in [2.45, 2.75) is 62.2 Å². The zero-order valence-corrected chi connectivity index (χ0v) is 18.8. The van der Waals surface area contributed by atoms with E-state index >= 15 is 0 Å². The van der Waals surface area contributed by atoms with Gasteiger partial charge in [-0.25, -0.2) is 0 Å². The molecule has 0 spiro atoms. The fraction of sp³-hybridized carbons (Fsp3) is 0.400. The Labute approximate surface area is 170 Å². The van der Waals surface area contributed by atoms with Gasteiger partial charge in [-0.15, -0.1) is 0 Å². The van der Waals surface area contributed by atoms with Crippen molar-refractivity contribution in [2.24, 2.45) is 0 Å². The number of H-pyrrole nitrogens is 1. The number of aromatic nitrogens is 1. The summed E-state index contributed by atoms with van der Waals surface area (Å²) in [6, 6.07) is 6.32. The highest BCUT2D eigenvalue weighted by Gasteiger charge is 2.27. The average Bonchev–Trinajstić information content (AvgIpc) is 2.87. The van der Waals surface area contributed by atoms with E-state index in [-0.39, 0.29) is 20.8 Å². The van der Waals surface area contributed by atoms with Crippen LogP contribution < -0.4 is 0 Å². The molecule has 0 unspecified atom stereocenters. The van der Waals surface area contributed by atoms with Gasteiger partial charge in [0.2, 0.25) is 0 Å². The first-order valence-corrected chi connectivity index (χ1v) is 11.9. The van der Waals surface area contributed by atoms with Crippen LogP contribution in [0.25, 0.3) is 21.8 Å². The van der Waals surface area contributed by atoms with Gasteiger partial charge in [-0.3, -0.25) is 9.11 Å². The Kier molecular flexibility index (Phi) is 4.71. The minimum atomic E-state index is -4.59. The summed E-state index contributed by atoms with van der Waals surface area (Å²) in [7, 11) is -9.18. The smallest absolute Gasteiger partial charge is 0.296 e. The van der Waals surface area contributed by atoms with E-state index in [0.29, 0.717) is 21.9 Å². The fourth-order valence-electron chi connectivity index (χ4n) is 3.31. The van der Waals surface area contributed by atoms with Gasteiger partial charge >= 0.3 is 0 Å². The molecule has 2 aromatic carbocycles. The Morgan fingerprint density at radius 1 is 0.655 bits per heavy atom. The van der Waals surface area contributed by atoms with Crippen molar-refractivity contribution in [3.05, 3.63) is 35.4 Å². The van der Waals surface area contributed by atoms with Crippen molar-refractivity contribution >= 4 is 42.0 Å². The predicted molar refractivity (Wildman–Crippen MR) is 113 cm³/mol. The Hall–Kier alpha value is -1.94. The van der Waals surface area contributed by atoms with Gasteiger partial charge < -0.3 is 4.98 Å². The summed E-state index contributed by atoms with van der Waals surface area (Å²) in [4.78, 5) is 2.13. The highest BCUT2D eigenvalue weighted by atomic mass is 32.2. The van der Waals surface area contributed by atoms with E-state index in [1.54, 1.807) is 12.1 Å². The van der Waals surface area contributed by atoms with Crippen molar-refractivity contribution in [2.75, 3.05) is 0 Å². The molecule has 0 aliphatic rings. The Morgan fingerprint density at radius 2 is 0.966 bits per heavy atom. The van der Waals surface area contributed by atoms with Crippen molar-refractivity contribution in [3.8, 4) is 0 Å². The lowest BCUT2D eigenvalue weighted by Crippen LogP contribution is -2.13. The van der Waals surface area contributed by atoms with Crippen molar-refractivity contribution in [3.63, 3.8) is 0 Å². The first kappa shape index (κ1) is 21.8. The second-order valence-electron chi connectivity index (χ2n) is 9.37. The number of nitrogens with one attached hydrogen (secondary N) is 1. The zero-order valence-electron chi connectivity index (χ0n) is 17.2. The van der Waals surface area contributed by atoms with Crippen LogP contribution in [0.1, 0.15) is 52.7 Å². The average molecular weight is 440 g/mol. The van der Waals surface area contributed by atoms with Crippen LogP contribution in [0, 0.1) is 0 Å². The monoisotopic (exact) mass is 439 g/mol. The number of fused-ring (bicyclic) bond motifs is 3. The molecule has 0 saturated heterocycles. The van der Waals surface area contributed by atoms with Gasteiger partial charge in [-0.2, -0.15) is 16.8 Å². The van der Waals surface area contributed by atoms with E-state index in [9.17, 15) is 25.9 Å². The van der Waals surface area contributed by atoms with E-state index in [2.05, 4.69) is 4.98 Å². The number of rotatable bonds is 2. The molecule has 0 bridgehead atoms. The molecule has 29 heavy (non-hydrogen) atoms. The maximum Gasteiger partial charge on any atom is 0.296 e. The molecular weight excluding hydrogens is 414 g/mol. The van der Waals surface area contributed by atoms with Gasteiger partial charge in [-0.1, -0.05) is 41.5 Å². The van der Waals surface area contributed by atoms with Gasteiger partial charge in [-0.05, 0) is 46.2 Å². The van der Waals surface area contributed by atoms with Crippen LogP contribution in [0.2, 0.25) is 0 Å². The molecular formula is C20H25NO6S2. The number of benzene rings is 2. The normalized spacial score (nSPS) is 14.1. The van der Waals surface area contributed by atoms with Crippen molar-refractivity contribution in [1.82, 2.24) is 4.98 Å². The summed E-state index contributed by atoms with van der Waals surface area (Å²) >= 11 is 0. The van der Waals surface area contributed by atoms with Gasteiger partial charge in [0.25, 0.3) is 20.2 Å². The van der Waals surface area contributed by atoms with Gasteiger partial charge in [0.1, 0.15) is 9.79 Å². The van der Waals surface area contributed by atoms with Gasteiger partial charge in [0.15, 0.2) is 0 Å². The summed E-state index contributed by atoms with van der Waals surface area (Å²) in [5, 5.41) is 0.909. The summed E-state index contributed by atoms with van der Waals surface area (Å²) in [5.74, 6) is 0. The van der Waals surface area contributed by atoms with E-state index in [0.717, 1.165) is 0 Å². The van der Waals surface area contributed by atoms with Crippen LogP contribution >= 0.6 is 0 Å². The van der Waals surface area contributed by atoms with Gasteiger partial charge in [0.05, 0.1) is 11.0 Å². The molecule has 1 aromatic heterocycles. The highest BCUT2D eigenvalue weighted by molar-refractivity contribution is 7.86. The SMILES string of the molecule is CC(C)(C)c1cc(S(=O)(=O)O)c2[nH]c3c(S(=O)(=O)O)cc(C(C)(C)C)cc3c2c1. The minimum absolute atomic E-state index is 0.0893. The lowest BCUT2D eigenvalue weighted by molar-refractivity contribution is 0.481. The largest absolute Gasteiger partial charge is 0.352 e. The van der Waals surface area contributed by atoms with Crippen LogP contribution in [0.3, 0.4) is 0 Å². The highest BCUT2D eigenvalue weighted by Crippen LogP contribution is 2.39. The van der Waals surface area contributed by atoms with Crippen LogP contribution in [-0.4, -0.2) is 30.9 Å². The third-order valence-electron chi connectivity index (χ3n) is 5.03. The van der Waals surface area contributed by atoms with E-state index in [1.165, 1.54) is 12.1 Å². The molecule has 0 radical (unpaired) electrons. The van der Waals surface area contributed by atoms with Crippen LogP contribution in [0.15, 0.2) is 34.1 Å². The Morgan fingerprint density at radius 3 is 1.21 bits per heavy atom. The summed E-state index contributed by atoms with van der Waals surface area (Å²) in [6.07, 6.45) is 0. The van der Waals surface area contributed by atoms with E-state index in [4.69, 9.17) is 0 Å².